The molecule has 7 heteroatoms. The van der Waals surface area contributed by atoms with E-state index in [1.54, 1.807) is 11.8 Å². The topological polar surface area (TPSA) is 73.8 Å². The first kappa shape index (κ1) is 12.9. The Labute approximate surface area is 110 Å². The van der Waals surface area contributed by atoms with Gasteiger partial charge in [0.15, 0.2) is 5.17 Å². The van der Waals surface area contributed by atoms with Crippen LogP contribution in [0.2, 0.25) is 0 Å². The number of nitrogens with zero attached hydrogens (tertiary/aromatic N) is 2. The number of carbonyl (C=O) groups is 2. The molecular weight excluding hydrogens is 252 g/mol. The van der Waals surface area contributed by atoms with E-state index in [1.165, 1.54) is 0 Å². The Hall–Kier alpha value is -1.50. The minimum atomic E-state index is 0.0149. The number of amidine groups is 1. The van der Waals surface area contributed by atoms with Crippen LogP contribution in [0.4, 0.5) is 0 Å². The van der Waals surface area contributed by atoms with E-state index < -0.39 is 0 Å². The molecule has 0 atom stereocenters. The van der Waals surface area contributed by atoms with E-state index >= 15 is 0 Å². The molecule has 0 fully saturated rings. The Bertz CT molecular complexity index is 395. The maximum atomic E-state index is 11.7. The molecular formula is C11H16N4O2S. The van der Waals surface area contributed by atoms with E-state index in [2.05, 4.69) is 20.5 Å². The number of aliphatic imine (C=N–C) groups is 1. The second kappa shape index (κ2) is 6.44. The number of rotatable bonds is 7. The van der Waals surface area contributed by atoms with Crippen LogP contribution < -0.4 is 10.6 Å². The zero-order valence-electron chi connectivity index (χ0n) is 10.0. The fourth-order valence-electron chi connectivity index (χ4n) is 1.82. The van der Waals surface area contributed by atoms with Crippen molar-refractivity contribution in [3.8, 4) is 0 Å². The van der Waals surface area contributed by atoms with Crippen molar-refractivity contribution in [2.45, 2.75) is 12.8 Å². The first-order chi connectivity index (χ1) is 8.81. The van der Waals surface area contributed by atoms with Gasteiger partial charge >= 0.3 is 0 Å². The van der Waals surface area contributed by atoms with Gasteiger partial charge < -0.3 is 15.5 Å². The van der Waals surface area contributed by atoms with Gasteiger partial charge in [0.1, 0.15) is 0 Å². The lowest BCUT2D eigenvalue weighted by Crippen LogP contribution is -2.30. The van der Waals surface area contributed by atoms with E-state index in [0.29, 0.717) is 25.9 Å². The number of nitrogens with one attached hydrogen (secondary N) is 2. The maximum Gasteiger partial charge on any atom is 0.225 e. The summed E-state index contributed by atoms with van der Waals surface area (Å²) in [6.07, 6.45) is 1.80. The van der Waals surface area contributed by atoms with Gasteiger partial charge in [0.2, 0.25) is 12.3 Å². The molecule has 18 heavy (non-hydrogen) atoms. The quantitative estimate of drug-likeness (QED) is 0.499. The summed E-state index contributed by atoms with van der Waals surface area (Å²) in [4.78, 5) is 28.1. The monoisotopic (exact) mass is 268 g/mol. The van der Waals surface area contributed by atoms with Gasteiger partial charge in [0, 0.05) is 25.3 Å². The standard InChI is InChI=1S/C11H16N4O2S/c16-8-12-2-1-3-13-10(17)6-9-7-18-11-14-4-5-15(9)11/h7-8H,1-6H2,(H,12,16)(H,13,17). The van der Waals surface area contributed by atoms with Crippen molar-refractivity contribution < 1.29 is 9.59 Å². The van der Waals surface area contributed by atoms with Crippen LogP contribution in [0.25, 0.3) is 0 Å². The summed E-state index contributed by atoms with van der Waals surface area (Å²) in [5.41, 5.74) is 1.03. The highest BCUT2D eigenvalue weighted by Crippen LogP contribution is 2.30. The second-order valence-electron chi connectivity index (χ2n) is 4.00. The van der Waals surface area contributed by atoms with Crippen LogP contribution in [0, 0.1) is 0 Å². The van der Waals surface area contributed by atoms with Crippen molar-refractivity contribution in [1.29, 1.82) is 0 Å². The number of hydrogen-bond donors (Lipinski definition) is 2. The van der Waals surface area contributed by atoms with Gasteiger partial charge in [-0.05, 0) is 11.8 Å². The van der Waals surface area contributed by atoms with Crippen LogP contribution in [0.3, 0.4) is 0 Å². The summed E-state index contributed by atoms with van der Waals surface area (Å²) in [5.74, 6) is 0.0149. The molecule has 0 aromatic rings. The van der Waals surface area contributed by atoms with E-state index in [0.717, 1.165) is 30.4 Å². The summed E-state index contributed by atoms with van der Waals surface area (Å²) >= 11 is 1.58. The molecule has 0 aromatic carbocycles. The van der Waals surface area contributed by atoms with Crippen molar-refractivity contribution in [2.24, 2.45) is 4.99 Å². The first-order valence-corrected chi connectivity index (χ1v) is 6.80. The average Bonchev–Trinajstić information content (AvgIpc) is 2.94. The Morgan fingerprint density at radius 2 is 2.44 bits per heavy atom. The number of amides is 2. The molecule has 2 heterocycles. The van der Waals surface area contributed by atoms with Crippen molar-refractivity contribution in [3.63, 3.8) is 0 Å². The van der Waals surface area contributed by atoms with Crippen LogP contribution in [0.1, 0.15) is 12.8 Å². The van der Waals surface area contributed by atoms with Crippen molar-refractivity contribution in [3.05, 3.63) is 11.1 Å². The Morgan fingerprint density at radius 1 is 1.56 bits per heavy atom. The summed E-state index contributed by atoms with van der Waals surface area (Å²) in [7, 11) is 0. The van der Waals surface area contributed by atoms with E-state index in [-0.39, 0.29) is 5.91 Å². The minimum absolute atomic E-state index is 0.0149. The zero-order chi connectivity index (χ0) is 12.8. The molecule has 2 amide bonds. The highest BCUT2D eigenvalue weighted by atomic mass is 32.2. The smallest absolute Gasteiger partial charge is 0.225 e. The summed E-state index contributed by atoms with van der Waals surface area (Å²) in [6.45, 7) is 2.87. The van der Waals surface area contributed by atoms with Gasteiger partial charge in [-0.1, -0.05) is 11.8 Å². The molecule has 0 unspecified atom stereocenters. The highest BCUT2D eigenvalue weighted by Gasteiger charge is 2.27. The Kier molecular flexibility index (Phi) is 4.63. The lowest BCUT2D eigenvalue weighted by Gasteiger charge is -2.16. The fourth-order valence-corrected chi connectivity index (χ4v) is 2.77. The van der Waals surface area contributed by atoms with Gasteiger partial charge in [-0.3, -0.25) is 14.6 Å². The second-order valence-corrected chi connectivity index (χ2v) is 4.83. The Balaban J connectivity index is 1.65. The molecule has 0 bridgehead atoms. The summed E-state index contributed by atoms with van der Waals surface area (Å²) in [5, 5.41) is 8.39. The zero-order valence-corrected chi connectivity index (χ0v) is 10.8. The molecule has 2 aliphatic heterocycles. The Morgan fingerprint density at radius 3 is 3.28 bits per heavy atom. The molecule has 0 spiro atoms. The highest BCUT2D eigenvalue weighted by molar-refractivity contribution is 8.16. The lowest BCUT2D eigenvalue weighted by molar-refractivity contribution is -0.120. The predicted octanol–water partition coefficient (Wildman–Crippen LogP) is -0.111. The third-order valence-electron chi connectivity index (χ3n) is 2.69. The molecule has 6 nitrogen and oxygen atoms in total. The van der Waals surface area contributed by atoms with Gasteiger partial charge in [-0.15, -0.1) is 0 Å². The summed E-state index contributed by atoms with van der Waals surface area (Å²) in [6, 6.07) is 0. The molecule has 0 aliphatic carbocycles. The summed E-state index contributed by atoms with van der Waals surface area (Å²) < 4.78 is 0. The van der Waals surface area contributed by atoms with Crippen molar-refractivity contribution in [1.82, 2.24) is 15.5 Å². The molecule has 0 aromatic heterocycles. The third-order valence-corrected chi connectivity index (χ3v) is 3.64. The molecule has 0 radical (unpaired) electrons. The van der Waals surface area contributed by atoms with Gasteiger partial charge in [0.25, 0.3) is 0 Å². The average molecular weight is 268 g/mol. The van der Waals surface area contributed by atoms with Crippen LogP contribution in [0.15, 0.2) is 16.1 Å². The van der Waals surface area contributed by atoms with Crippen molar-refractivity contribution >= 4 is 29.2 Å². The van der Waals surface area contributed by atoms with Crippen LogP contribution in [-0.2, 0) is 9.59 Å². The normalized spacial score (nSPS) is 17.0. The third kappa shape index (κ3) is 3.25. The minimum Gasteiger partial charge on any atom is -0.359 e. The largest absolute Gasteiger partial charge is 0.359 e. The molecule has 98 valence electrons. The fraction of sp³-hybridized carbons (Fsp3) is 0.545. The van der Waals surface area contributed by atoms with Crippen LogP contribution >= 0.6 is 11.8 Å². The molecule has 2 aliphatic rings. The van der Waals surface area contributed by atoms with Gasteiger partial charge in [-0.25, -0.2) is 0 Å². The number of hydrogen-bond acceptors (Lipinski definition) is 5. The number of carbonyl (C=O) groups excluding carboxylic acids is 2. The predicted molar refractivity (Wildman–Crippen MR) is 71.0 cm³/mol. The van der Waals surface area contributed by atoms with E-state index in [1.807, 2.05) is 5.41 Å². The number of fused-ring (bicyclic) bond motifs is 1. The molecule has 2 rings (SSSR count). The molecule has 2 N–H and O–H groups in total. The molecule has 0 saturated heterocycles. The van der Waals surface area contributed by atoms with E-state index in [9.17, 15) is 9.59 Å². The first-order valence-electron chi connectivity index (χ1n) is 5.92. The van der Waals surface area contributed by atoms with Crippen LogP contribution in [-0.4, -0.2) is 48.6 Å². The van der Waals surface area contributed by atoms with Gasteiger partial charge in [0.05, 0.1) is 13.0 Å². The maximum absolute atomic E-state index is 11.7. The SMILES string of the molecule is O=CNCCCNC(=O)CC1=CSC2=NCCN12. The lowest BCUT2D eigenvalue weighted by atomic mass is 10.3. The van der Waals surface area contributed by atoms with Crippen molar-refractivity contribution in [2.75, 3.05) is 26.2 Å². The van der Waals surface area contributed by atoms with E-state index in [4.69, 9.17) is 0 Å². The number of thioether (sulfide) groups is 1. The molecule has 0 saturated carbocycles. The van der Waals surface area contributed by atoms with Crippen LogP contribution in [0.5, 0.6) is 0 Å². The van der Waals surface area contributed by atoms with Gasteiger partial charge in [-0.2, -0.15) is 0 Å².